The van der Waals surface area contributed by atoms with Crippen LogP contribution in [-0.4, -0.2) is 21.5 Å². The maximum atomic E-state index is 12.9. The number of nitriles is 2. The Hall–Kier alpha value is -4.37. The first kappa shape index (κ1) is 19.4. The molecule has 29 heavy (non-hydrogen) atoms. The standard InChI is InChI=1S/C20H17N7O2/c1-11-8-12(2)26(20(28)15(11)9-21)19-17(23)16(10-22)18(24)27(25-19)13-4-6-14(29-3)7-5-13/h4-8,24H,23H2,1-3H3. The van der Waals surface area contributed by atoms with Crippen LogP contribution >= 0.6 is 0 Å². The Morgan fingerprint density at radius 3 is 2.31 bits per heavy atom. The zero-order chi connectivity index (χ0) is 21.3. The number of nitrogens with two attached hydrogens (primary N) is 1. The molecule has 1 aromatic carbocycles. The minimum atomic E-state index is -0.591. The monoisotopic (exact) mass is 387 g/mol. The second-order valence-corrected chi connectivity index (χ2v) is 6.28. The lowest BCUT2D eigenvalue weighted by Crippen LogP contribution is -2.32. The van der Waals surface area contributed by atoms with Crippen molar-refractivity contribution in [2.75, 3.05) is 12.8 Å². The van der Waals surface area contributed by atoms with Crippen molar-refractivity contribution in [3.63, 3.8) is 0 Å². The van der Waals surface area contributed by atoms with E-state index in [0.717, 1.165) is 0 Å². The summed E-state index contributed by atoms with van der Waals surface area (Å²) in [5, 5.41) is 31.6. The first-order chi connectivity index (χ1) is 13.8. The van der Waals surface area contributed by atoms with Gasteiger partial charge in [-0.05, 0) is 49.7 Å². The number of ether oxygens (including phenoxy) is 1. The summed E-state index contributed by atoms with van der Waals surface area (Å²) in [5.41, 5.74) is 6.52. The third kappa shape index (κ3) is 3.11. The van der Waals surface area contributed by atoms with Crippen LogP contribution in [0.15, 0.2) is 35.1 Å². The molecule has 3 rings (SSSR count). The Morgan fingerprint density at radius 2 is 1.76 bits per heavy atom. The molecule has 0 radical (unpaired) electrons. The van der Waals surface area contributed by atoms with Crippen LogP contribution in [-0.2, 0) is 0 Å². The smallest absolute Gasteiger partial charge is 0.274 e. The maximum absolute atomic E-state index is 12.9. The lowest BCUT2D eigenvalue weighted by molar-refractivity contribution is 0.414. The number of nitrogens with zero attached hydrogens (tertiary/aromatic N) is 5. The van der Waals surface area contributed by atoms with Crippen molar-refractivity contribution < 1.29 is 4.74 Å². The number of nitrogen functional groups attached to an aromatic ring is 1. The molecule has 0 aliphatic carbocycles. The van der Waals surface area contributed by atoms with Gasteiger partial charge in [0, 0.05) is 5.69 Å². The van der Waals surface area contributed by atoms with Gasteiger partial charge in [-0.3, -0.25) is 14.8 Å². The molecule has 9 heteroatoms. The Balaban J connectivity index is 2.41. The average molecular weight is 387 g/mol. The van der Waals surface area contributed by atoms with Gasteiger partial charge in [0.25, 0.3) is 5.56 Å². The largest absolute Gasteiger partial charge is 0.497 e. The predicted molar refractivity (Wildman–Crippen MR) is 105 cm³/mol. The summed E-state index contributed by atoms with van der Waals surface area (Å²) in [5.74, 6) is 0.591. The van der Waals surface area contributed by atoms with Gasteiger partial charge in [-0.25, -0.2) is 4.68 Å². The number of methoxy groups -OCH3 is 1. The molecule has 0 bridgehead atoms. The van der Waals surface area contributed by atoms with Crippen LogP contribution in [0.2, 0.25) is 0 Å². The molecule has 3 N–H and O–H groups in total. The number of aryl methyl sites for hydroxylation is 2. The molecule has 0 unspecified atom stereocenters. The third-order valence-corrected chi connectivity index (χ3v) is 4.50. The zero-order valence-corrected chi connectivity index (χ0v) is 16.0. The molecule has 0 saturated carbocycles. The molecule has 0 aliphatic heterocycles. The predicted octanol–water partition coefficient (Wildman–Crippen LogP) is 1.45. The van der Waals surface area contributed by atoms with Crippen molar-refractivity contribution in [3.05, 3.63) is 68.6 Å². The van der Waals surface area contributed by atoms with Crippen molar-refractivity contribution in [1.29, 1.82) is 15.9 Å². The molecular formula is C20H17N7O2. The van der Waals surface area contributed by atoms with Crippen LogP contribution in [0.4, 0.5) is 5.69 Å². The van der Waals surface area contributed by atoms with Gasteiger partial charge in [0.1, 0.15) is 29.0 Å². The van der Waals surface area contributed by atoms with E-state index in [1.54, 1.807) is 44.2 Å². The van der Waals surface area contributed by atoms with E-state index in [2.05, 4.69) is 5.10 Å². The van der Waals surface area contributed by atoms with Gasteiger partial charge in [-0.15, -0.1) is 5.10 Å². The number of aromatic nitrogens is 3. The number of pyridine rings is 1. The van der Waals surface area contributed by atoms with Gasteiger partial charge in [0.2, 0.25) is 0 Å². The Labute approximate surface area is 166 Å². The first-order valence-electron chi connectivity index (χ1n) is 8.49. The number of anilines is 1. The van der Waals surface area contributed by atoms with Gasteiger partial charge in [0.05, 0.1) is 18.5 Å². The fourth-order valence-electron chi connectivity index (χ4n) is 3.02. The van der Waals surface area contributed by atoms with Crippen LogP contribution in [0.1, 0.15) is 22.4 Å². The van der Waals surface area contributed by atoms with Crippen LogP contribution in [0, 0.1) is 41.9 Å². The van der Waals surface area contributed by atoms with Crippen molar-refractivity contribution >= 4 is 5.69 Å². The van der Waals surface area contributed by atoms with Gasteiger partial charge in [-0.2, -0.15) is 10.5 Å². The highest BCUT2D eigenvalue weighted by atomic mass is 16.5. The van der Waals surface area contributed by atoms with E-state index >= 15 is 0 Å². The average Bonchev–Trinajstić information content (AvgIpc) is 2.70. The summed E-state index contributed by atoms with van der Waals surface area (Å²) in [7, 11) is 1.53. The molecule has 0 aliphatic rings. The van der Waals surface area contributed by atoms with E-state index in [1.807, 2.05) is 12.1 Å². The highest BCUT2D eigenvalue weighted by Gasteiger charge is 2.20. The van der Waals surface area contributed by atoms with Gasteiger partial charge in [0.15, 0.2) is 11.3 Å². The summed E-state index contributed by atoms with van der Waals surface area (Å²) in [6, 6.07) is 12.2. The molecule has 0 atom stereocenters. The topological polar surface area (TPSA) is 146 Å². The highest BCUT2D eigenvalue weighted by Crippen LogP contribution is 2.20. The molecule has 0 spiro atoms. The summed E-state index contributed by atoms with van der Waals surface area (Å²) < 4.78 is 7.53. The van der Waals surface area contributed by atoms with E-state index in [0.29, 0.717) is 22.7 Å². The van der Waals surface area contributed by atoms with Crippen molar-refractivity contribution in [3.8, 4) is 29.4 Å². The minimum Gasteiger partial charge on any atom is -0.497 e. The number of hydrogen-bond acceptors (Lipinski definition) is 7. The molecule has 2 heterocycles. The number of hydrogen-bond donors (Lipinski definition) is 2. The van der Waals surface area contributed by atoms with Crippen molar-refractivity contribution in [2.45, 2.75) is 13.8 Å². The third-order valence-electron chi connectivity index (χ3n) is 4.50. The van der Waals surface area contributed by atoms with E-state index in [-0.39, 0.29) is 28.1 Å². The van der Waals surface area contributed by atoms with Crippen LogP contribution < -0.4 is 21.5 Å². The number of benzene rings is 1. The van der Waals surface area contributed by atoms with Gasteiger partial charge >= 0.3 is 0 Å². The minimum absolute atomic E-state index is 0.0210. The van der Waals surface area contributed by atoms with Crippen molar-refractivity contribution in [1.82, 2.24) is 14.3 Å². The summed E-state index contributed by atoms with van der Waals surface area (Å²) in [4.78, 5) is 12.9. The summed E-state index contributed by atoms with van der Waals surface area (Å²) in [6.07, 6.45) is 0. The quantitative estimate of drug-likeness (QED) is 0.695. The SMILES string of the molecule is COc1ccc(-n2nc(-n3c(C)cc(C)c(C#N)c3=O)c(N)c(C#N)c2=N)cc1. The molecule has 3 aromatic rings. The van der Waals surface area contributed by atoms with Crippen molar-refractivity contribution in [2.24, 2.45) is 0 Å². The van der Waals surface area contributed by atoms with E-state index in [1.165, 1.54) is 16.4 Å². The van der Waals surface area contributed by atoms with Gasteiger partial charge < -0.3 is 10.5 Å². The Morgan fingerprint density at radius 1 is 1.14 bits per heavy atom. The van der Waals surface area contributed by atoms with Crippen LogP contribution in [0.3, 0.4) is 0 Å². The first-order valence-corrected chi connectivity index (χ1v) is 8.49. The number of rotatable bonds is 3. The molecule has 9 nitrogen and oxygen atoms in total. The van der Waals surface area contributed by atoms with E-state index < -0.39 is 5.56 Å². The van der Waals surface area contributed by atoms with Crippen LogP contribution in [0.5, 0.6) is 5.75 Å². The Kier molecular flexibility index (Phi) is 4.90. The second kappa shape index (κ2) is 7.33. The summed E-state index contributed by atoms with van der Waals surface area (Å²) >= 11 is 0. The fraction of sp³-hybridized carbons (Fsp3) is 0.150. The Bertz CT molecular complexity index is 1320. The summed E-state index contributed by atoms with van der Waals surface area (Å²) in [6.45, 7) is 3.34. The number of nitrogens with one attached hydrogen (secondary N) is 1. The molecular weight excluding hydrogens is 370 g/mol. The van der Waals surface area contributed by atoms with E-state index in [4.69, 9.17) is 15.9 Å². The second-order valence-electron chi connectivity index (χ2n) is 6.28. The normalized spacial score (nSPS) is 10.2. The fourth-order valence-corrected chi connectivity index (χ4v) is 3.02. The lowest BCUT2D eigenvalue weighted by Gasteiger charge is -2.16. The molecule has 2 aromatic heterocycles. The molecule has 144 valence electrons. The lowest BCUT2D eigenvalue weighted by atomic mass is 10.1. The molecule has 0 saturated heterocycles. The van der Waals surface area contributed by atoms with Gasteiger partial charge in [-0.1, -0.05) is 0 Å². The highest BCUT2D eigenvalue weighted by molar-refractivity contribution is 5.63. The zero-order valence-electron chi connectivity index (χ0n) is 16.0. The van der Waals surface area contributed by atoms with Crippen LogP contribution in [0.25, 0.3) is 11.5 Å². The molecule has 0 amide bonds. The molecule has 0 fully saturated rings. The van der Waals surface area contributed by atoms with E-state index in [9.17, 15) is 15.3 Å². The maximum Gasteiger partial charge on any atom is 0.274 e.